The Morgan fingerprint density at radius 1 is 1.00 bits per heavy atom. The van der Waals surface area contributed by atoms with Crippen molar-refractivity contribution in [2.75, 3.05) is 0 Å². The van der Waals surface area contributed by atoms with Crippen LogP contribution in [0.2, 0.25) is 5.02 Å². The van der Waals surface area contributed by atoms with Crippen molar-refractivity contribution in [3.8, 4) is 0 Å². The van der Waals surface area contributed by atoms with Crippen LogP contribution in [-0.4, -0.2) is 5.11 Å². The van der Waals surface area contributed by atoms with Crippen LogP contribution in [0.1, 0.15) is 56.6 Å². The topological polar surface area (TPSA) is 20.2 Å². The van der Waals surface area contributed by atoms with Crippen LogP contribution in [0.4, 0.5) is 0 Å². The second kappa shape index (κ2) is 6.30. The highest BCUT2D eigenvalue weighted by atomic mass is 35.5. The van der Waals surface area contributed by atoms with Gasteiger partial charge in [0, 0.05) is 10.9 Å². The summed E-state index contributed by atoms with van der Waals surface area (Å²) in [5, 5.41) is 12.5. The first-order chi connectivity index (χ1) is 11.0. The third kappa shape index (κ3) is 2.93. The summed E-state index contributed by atoms with van der Waals surface area (Å²) in [5.41, 5.74) is 1.61. The van der Waals surface area contributed by atoms with E-state index in [1.807, 2.05) is 30.3 Å². The Morgan fingerprint density at radius 2 is 1.61 bits per heavy atom. The van der Waals surface area contributed by atoms with Gasteiger partial charge in [0.25, 0.3) is 0 Å². The quantitative estimate of drug-likeness (QED) is 0.739. The van der Waals surface area contributed by atoms with Crippen LogP contribution < -0.4 is 0 Å². The van der Waals surface area contributed by atoms with Gasteiger partial charge in [0.2, 0.25) is 0 Å². The van der Waals surface area contributed by atoms with Gasteiger partial charge in [-0.2, -0.15) is 0 Å². The van der Waals surface area contributed by atoms with Gasteiger partial charge in [-0.3, -0.25) is 0 Å². The Kier molecular flexibility index (Phi) is 4.53. The van der Waals surface area contributed by atoms with Gasteiger partial charge in [-0.25, -0.2) is 0 Å². The predicted octanol–water partition coefficient (Wildman–Crippen LogP) is 5.91. The Bertz CT molecular complexity index is 645. The van der Waals surface area contributed by atoms with Crippen LogP contribution in [-0.2, 0) is 5.60 Å². The minimum Gasteiger partial charge on any atom is -0.385 e. The van der Waals surface area contributed by atoms with Crippen LogP contribution in [0.5, 0.6) is 0 Å². The summed E-state index contributed by atoms with van der Waals surface area (Å²) in [6.07, 6.45) is 4.04. The molecule has 1 nitrogen and oxygen atoms in total. The molecule has 1 fully saturated rings. The maximum atomic E-state index is 11.7. The third-order valence-electron chi connectivity index (χ3n) is 5.90. The number of rotatable bonds is 4. The number of hydrogen-bond acceptors (Lipinski definition) is 1. The molecule has 2 aromatic rings. The van der Waals surface area contributed by atoms with Gasteiger partial charge >= 0.3 is 0 Å². The van der Waals surface area contributed by atoms with E-state index >= 15 is 0 Å². The van der Waals surface area contributed by atoms with E-state index in [1.165, 1.54) is 5.56 Å². The van der Waals surface area contributed by atoms with E-state index < -0.39 is 5.60 Å². The zero-order valence-corrected chi connectivity index (χ0v) is 14.7. The molecule has 122 valence electrons. The molecule has 2 aromatic carbocycles. The first kappa shape index (κ1) is 16.5. The average molecular weight is 329 g/mol. The average Bonchev–Trinajstić information content (AvgIpc) is 2.91. The van der Waals surface area contributed by atoms with Gasteiger partial charge < -0.3 is 5.11 Å². The van der Waals surface area contributed by atoms with Crippen LogP contribution in [0.25, 0.3) is 0 Å². The second-order valence-electron chi connectivity index (χ2n) is 6.98. The maximum Gasteiger partial charge on any atom is 0.0970 e. The minimum absolute atomic E-state index is 0.113. The van der Waals surface area contributed by atoms with Crippen molar-refractivity contribution in [3.05, 3.63) is 70.7 Å². The normalized spacial score (nSPS) is 26.3. The van der Waals surface area contributed by atoms with E-state index in [0.717, 1.165) is 36.3 Å². The summed E-state index contributed by atoms with van der Waals surface area (Å²) in [5.74, 6) is 0.113. The van der Waals surface area contributed by atoms with Crippen molar-refractivity contribution in [1.82, 2.24) is 0 Å². The Morgan fingerprint density at radius 3 is 2.17 bits per heavy atom. The number of benzene rings is 2. The van der Waals surface area contributed by atoms with Crippen molar-refractivity contribution < 1.29 is 5.11 Å². The summed E-state index contributed by atoms with van der Waals surface area (Å²) >= 11 is 6.05. The van der Waals surface area contributed by atoms with Crippen LogP contribution in [0, 0.1) is 5.41 Å². The van der Waals surface area contributed by atoms with Crippen molar-refractivity contribution in [3.63, 3.8) is 0 Å². The minimum atomic E-state index is -0.804. The molecule has 0 bridgehead atoms. The zero-order valence-electron chi connectivity index (χ0n) is 13.9. The molecule has 1 aliphatic carbocycles. The highest BCUT2D eigenvalue weighted by Crippen LogP contribution is 2.59. The SMILES string of the molecule is CCC1(CC)C[C@H](c2ccc(Cl)cc2)[C@@](O)(c2ccccc2)C1. The lowest BCUT2D eigenvalue weighted by Crippen LogP contribution is -2.29. The molecule has 1 saturated carbocycles. The molecule has 0 aliphatic heterocycles. The lowest BCUT2D eigenvalue weighted by atomic mass is 9.78. The largest absolute Gasteiger partial charge is 0.385 e. The molecule has 0 amide bonds. The van der Waals surface area contributed by atoms with Gasteiger partial charge in [0.1, 0.15) is 0 Å². The molecule has 0 radical (unpaired) electrons. The molecule has 0 heterocycles. The van der Waals surface area contributed by atoms with Crippen molar-refractivity contribution >= 4 is 11.6 Å². The molecule has 2 atom stereocenters. The van der Waals surface area contributed by atoms with Gasteiger partial charge in [-0.1, -0.05) is 80.8 Å². The smallest absolute Gasteiger partial charge is 0.0970 e. The molecule has 0 aromatic heterocycles. The molecule has 3 rings (SSSR count). The molecule has 0 spiro atoms. The first-order valence-corrected chi connectivity index (χ1v) is 8.94. The van der Waals surface area contributed by atoms with E-state index in [0.29, 0.717) is 0 Å². The highest BCUT2D eigenvalue weighted by Gasteiger charge is 2.53. The van der Waals surface area contributed by atoms with Crippen LogP contribution in [0.3, 0.4) is 0 Å². The Balaban J connectivity index is 2.08. The lowest BCUT2D eigenvalue weighted by Gasteiger charge is -2.32. The van der Waals surface area contributed by atoms with Crippen molar-refractivity contribution in [2.45, 2.75) is 51.0 Å². The second-order valence-corrected chi connectivity index (χ2v) is 7.42. The highest BCUT2D eigenvalue weighted by molar-refractivity contribution is 6.30. The summed E-state index contributed by atoms with van der Waals surface area (Å²) in [7, 11) is 0. The molecule has 0 saturated heterocycles. The van der Waals surface area contributed by atoms with Crippen molar-refractivity contribution in [1.29, 1.82) is 0 Å². The van der Waals surface area contributed by atoms with Crippen molar-refractivity contribution in [2.24, 2.45) is 5.41 Å². The molecular weight excluding hydrogens is 304 g/mol. The summed E-state index contributed by atoms with van der Waals surface area (Å²) < 4.78 is 0. The number of halogens is 1. The van der Waals surface area contributed by atoms with Gasteiger partial charge in [0.15, 0.2) is 0 Å². The fourth-order valence-electron chi connectivity index (χ4n) is 4.28. The van der Waals surface area contributed by atoms with Crippen LogP contribution >= 0.6 is 11.6 Å². The number of hydrogen-bond donors (Lipinski definition) is 1. The molecule has 2 heteroatoms. The molecule has 23 heavy (non-hydrogen) atoms. The van der Waals surface area contributed by atoms with E-state index in [1.54, 1.807) is 0 Å². The molecule has 1 N–H and O–H groups in total. The summed E-state index contributed by atoms with van der Waals surface area (Å²) in [6, 6.07) is 18.2. The molecule has 1 aliphatic rings. The first-order valence-electron chi connectivity index (χ1n) is 8.56. The molecule has 0 unspecified atom stereocenters. The summed E-state index contributed by atoms with van der Waals surface area (Å²) in [6.45, 7) is 4.50. The fourth-order valence-corrected chi connectivity index (χ4v) is 4.40. The van der Waals surface area contributed by atoms with E-state index in [9.17, 15) is 5.11 Å². The number of aliphatic hydroxyl groups is 1. The van der Waals surface area contributed by atoms with E-state index in [4.69, 9.17) is 11.6 Å². The van der Waals surface area contributed by atoms with E-state index in [2.05, 4.69) is 38.1 Å². The predicted molar refractivity (Wildman–Crippen MR) is 96.8 cm³/mol. The van der Waals surface area contributed by atoms with Crippen LogP contribution in [0.15, 0.2) is 54.6 Å². The van der Waals surface area contributed by atoms with Gasteiger partial charge in [0.05, 0.1) is 5.60 Å². The third-order valence-corrected chi connectivity index (χ3v) is 6.16. The van der Waals surface area contributed by atoms with Gasteiger partial charge in [-0.15, -0.1) is 0 Å². The maximum absolute atomic E-state index is 11.7. The summed E-state index contributed by atoms with van der Waals surface area (Å²) in [4.78, 5) is 0. The Labute approximate surface area is 144 Å². The molecular formula is C21H25ClO. The lowest BCUT2D eigenvalue weighted by molar-refractivity contribution is 0.0142. The monoisotopic (exact) mass is 328 g/mol. The Hall–Kier alpha value is -1.31. The fraction of sp³-hybridized carbons (Fsp3) is 0.429. The zero-order chi connectivity index (χ0) is 16.5. The van der Waals surface area contributed by atoms with Gasteiger partial charge in [-0.05, 0) is 41.5 Å². The standard InChI is InChI=1S/C21H25ClO/c1-3-20(4-2)14-19(16-10-12-18(22)13-11-16)21(23,15-20)17-8-6-5-7-9-17/h5-13,19,23H,3-4,14-15H2,1-2H3/t19-,21+/m1/s1. The van der Waals surface area contributed by atoms with E-state index in [-0.39, 0.29) is 11.3 Å².